The number of hydrogen-bond donors (Lipinski definition) is 0. The zero-order chi connectivity index (χ0) is 15.7. The summed E-state index contributed by atoms with van der Waals surface area (Å²) in [7, 11) is 1.72. The summed E-state index contributed by atoms with van der Waals surface area (Å²) in [5, 5.41) is 0. The summed E-state index contributed by atoms with van der Waals surface area (Å²) >= 11 is 0. The molecule has 0 heterocycles. The SMILES string of the molecule is C#C.C=C(OC)C1CCc2c(C)ccc(C)c2C1.CC. The Hall–Kier alpha value is -1.68. The molecule has 1 unspecified atom stereocenters. The first-order valence-electron chi connectivity index (χ1n) is 7.27. The lowest BCUT2D eigenvalue weighted by atomic mass is 9.79. The summed E-state index contributed by atoms with van der Waals surface area (Å²) in [4.78, 5) is 0. The zero-order valence-corrected chi connectivity index (χ0v) is 13.6. The standard InChI is InChI=1S/C15H20O.C2H6.C2H2/c1-10-5-6-11(2)15-9-13(12(3)16-4)7-8-14(10)15;2*1-2/h5-6,13H,3,7-9H2,1-2,4H3;1-2H3;1-2H. The van der Waals surface area contributed by atoms with Crippen LogP contribution < -0.4 is 0 Å². The monoisotopic (exact) mass is 272 g/mol. The zero-order valence-electron chi connectivity index (χ0n) is 13.6. The van der Waals surface area contributed by atoms with Crippen molar-refractivity contribution in [2.45, 2.75) is 47.0 Å². The summed E-state index contributed by atoms with van der Waals surface area (Å²) in [5.41, 5.74) is 5.92. The summed E-state index contributed by atoms with van der Waals surface area (Å²) in [6.45, 7) is 12.4. The van der Waals surface area contributed by atoms with E-state index in [0.29, 0.717) is 5.92 Å². The number of benzene rings is 1. The van der Waals surface area contributed by atoms with Crippen LogP contribution in [0.15, 0.2) is 24.5 Å². The second-order valence-electron chi connectivity index (χ2n) is 4.77. The second-order valence-corrected chi connectivity index (χ2v) is 4.77. The smallest absolute Gasteiger partial charge is 0.0918 e. The Morgan fingerprint density at radius 3 is 2.15 bits per heavy atom. The van der Waals surface area contributed by atoms with Gasteiger partial charge in [0.15, 0.2) is 0 Å². The van der Waals surface area contributed by atoms with Gasteiger partial charge in [0, 0.05) is 5.92 Å². The molecule has 1 nitrogen and oxygen atoms in total. The predicted octanol–water partition coefficient (Wildman–Crippen LogP) is 4.84. The molecule has 0 aliphatic heterocycles. The van der Waals surface area contributed by atoms with Crippen molar-refractivity contribution in [3.05, 3.63) is 46.7 Å². The fourth-order valence-corrected chi connectivity index (χ4v) is 2.67. The van der Waals surface area contributed by atoms with Crippen LogP contribution in [0.3, 0.4) is 0 Å². The predicted molar refractivity (Wildman–Crippen MR) is 88.8 cm³/mol. The molecule has 0 spiro atoms. The third-order valence-corrected chi connectivity index (χ3v) is 3.81. The maximum atomic E-state index is 5.28. The van der Waals surface area contributed by atoms with Crippen molar-refractivity contribution in [1.82, 2.24) is 0 Å². The van der Waals surface area contributed by atoms with Crippen molar-refractivity contribution in [1.29, 1.82) is 0 Å². The third-order valence-electron chi connectivity index (χ3n) is 3.81. The molecule has 1 aliphatic rings. The van der Waals surface area contributed by atoms with Crippen molar-refractivity contribution in [2.75, 3.05) is 7.11 Å². The highest BCUT2D eigenvalue weighted by atomic mass is 16.5. The van der Waals surface area contributed by atoms with Gasteiger partial charge in [-0.15, -0.1) is 12.8 Å². The Balaban J connectivity index is 0.000000829. The molecule has 1 atom stereocenters. The van der Waals surface area contributed by atoms with Crippen molar-refractivity contribution >= 4 is 0 Å². The largest absolute Gasteiger partial charge is 0.501 e. The van der Waals surface area contributed by atoms with E-state index < -0.39 is 0 Å². The molecule has 1 heteroatoms. The molecule has 110 valence electrons. The number of methoxy groups -OCH3 is 1. The van der Waals surface area contributed by atoms with Gasteiger partial charge < -0.3 is 4.74 Å². The van der Waals surface area contributed by atoms with Gasteiger partial charge in [-0.3, -0.25) is 0 Å². The molecule has 1 aromatic rings. The van der Waals surface area contributed by atoms with Gasteiger partial charge in [-0.05, 0) is 55.4 Å². The van der Waals surface area contributed by atoms with Gasteiger partial charge in [0.25, 0.3) is 0 Å². The van der Waals surface area contributed by atoms with Crippen LogP contribution in [0, 0.1) is 32.6 Å². The molecule has 20 heavy (non-hydrogen) atoms. The minimum atomic E-state index is 0.498. The second kappa shape index (κ2) is 9.26. The maximum absolute atomic E-state index is 5.28. The van der Waals surface area contributed by atoms with Crippen molar-refractivity contribution in [3.8, 4) is 12.8 Å². The third kappa shape index (κ3) is 4.17. The molecular weight excluding hydrogens is 244 g/mol. The Labute approximate surface area is 125 Å². The van der Waals surface area contributed by atoms with Gasteiger partial charge in [0.05, 0.1) is 12.9 Å². The van der Waals surface area contributed by atoms with Crippen molar-refractivity contribution in [2.24, 2.45) is 5.92 Å². The lowest BCUT2D eigenvalue weighted by Gasteiger charge is -2.28. The maximum Gasteiger partial charge on any atom is 0.0918 e. The van der Waals surface area contributed by atoms with Crippen LogP contribution in [-0.4, -0.2) is 7.11 Å². The lowest BCUT2D eigenvalue weighted by molar-refractivity contribution is 0.233. The van der Waals surface area contributed by atoms with E-state index >= 15 is 0 Å². The molecule has 0 amide bonds. The van der Waals surface area contributed by atoms with Crippen LogP contribution >= 0.6 is 0 Å². The van der Waals surface area contributed by atoms with E-state index in [4.69, 9.17) is 4.74 Å². The molecule has 0 saturated heterocycles. The van der Waals surface area contributed by atoms with Crippen LogP contribution in [-0.2, 0) is 17.6 Å². The average Bonchev–Trinajstić information content (AvgIpc) is 2.54. The number of hydrogen-bond acceptors (Lipinski definition) is 1. The molecule has 0 radical (unpaired) electrons. The van der Waals surface area contributed by atoms with E-state index in [0.717, 1.165) is 18.6 Å². The molecule has 1 aliphatic carbocycles. The molecular formula is C19H28O. The highest BCUT2D eigenvalue weighted by Crippen LogP contribution is 2.33. The fourth-order valence-electron chi connectivity index (χ4n) is 2.67. The van der Waals surface area contributed by atoms with E-state index in [2.05, 4.69) is 45.4 Å². The van der Waals surface area contributed by atoms with Gasteiger partial charge in [-0.2, -0.15) is 0 Å². The van der Waals surface area contributed by atoms with E-state index in [9.17, 15) is 0 Å². The molecule has 1 aromatic carbocycles. The highest BCUT2D eigenvalue weighted by molar-refractivity contribution is 5.42. The van der Waals surface area contributed by atoms with Crippen LogP contribution in [0.25, 0.3) is 0 Å². The van der Waals surface area contributed by atoms with Gasteiger partial charge in [0.2, 0.25) is 0 Å². The van der Waals surface area contributed by atoms with Crippen molar-refractivity contribution in [3.63, 3.8) is 0 Å². The average molecular weight is 272 g/mol. The van der Waals surface area contributed by atoms with E-state index in [1.54, 1.807) is 12.7 Å². The fraction of sp³-hybridized carbons (Fsp3) is 0.474. The molecule has 0 aromatic heterocycles. The number of terminal acetylenes is 1. The van der Waals surface area contributed by atoms with E-state index in [1.807, 2.05) is 13.8 Å². The molecule has 0 bridgehead atoms. The van der Waals surface area contributed by atoms with E-state index in [1.165, 1.54) is 23.1 Å². The lowest BCUT2D eigenvalue weighted by Crippen LogP contribution is -2.18. The summed E-state index contributed by atoms with van der Waals surface area (Å²) in [5.74, 6) is 1.43. The molecule has 0 saturated carbocycles. The molecule has 0 fully saturated rings. The Morgan fingerprint density at radius 2 is 1.65 bits per heavy atom. The van der Waals surface area contributed by atoms with E-state index in [-0.39, 0.29) is 0 Å². The Kier molecular flexibility index (Phi) is 8.48. The number of ether oxygens (including phenoxy) is 1. The van der Waals surface area contributed by atoms with Crippen LogP contribution in [0.2, 0.25) is 0 Å². The normalized spacial score (nSPS) is 15.7. The topological polar surface area (TPSA) is 9.23 Å². The first-order chi connectivity index (χ1) is 9.63. The van der Waals surface area contributed by atoms with Crippen molar-refractivity contribution < 1.29 is 4.74 Å². The minimum absolute atomic E-state index is 0.498. The number of aryl methyl sites for hydroxylation is 2. The van der Waals surface area contributed by atoms with Gasteiger partial charge >= 0.3 is 0 Å². The van der Waals surface area contributed by atoms with Crippen LogP contribution in [0.5, 0.6) is 0 Å². The highest BCUT2D eigenvalue weighted by Gasteiger charge is 2.23. The first-order valence-corrected chi connectivity index (χ1v) is 7.27. The summed E-state index contributed by atoms with van der Waals surface area (Å²) in [6, 6.07) is 4.46. The number of rotatable bonds is 2. The van der Waals surface area contributed by atoms with Gasteiger partial charge in [0.1, 0.15) is 0 Å². The molecule has 2 rings (SSSR count). The number of allylic oxidation sites excluding steroid dienone is 1. The van der Waals surface area contributed by atoms with Gasteiger partial charge in [-0.25, -0.2) is 0 Å². The van der Waals surface area contributed by atoms with Gasteiger partial charge in [-0.1, -0.05) is 32.6 Å². The summed E-state index contributed by atoms with van der Waals surface area (Å²) < 4.78 is 5.28. The molecule has 0 N–H and O–H groups in total. The Morgan fingerprint density at radius 1 is 1.15 bits per heavy atom. The quantitative estimate of drug-likeness (QED) is 0.552. The van der Waals surface area contributed by atoms with Crippen LogP contribution in [0.1, 0.15) is 42.5 Å². The van der Waals surface area contributed by atoms with Crippen LogP contribution in [0.4, 0.5) is 0 Å². The minimum Gasteiger partial charge on any atom is -0.501 e. The first kappa shape index (κ1) is 18.3. The number of fused-ring (bicyclic) bond motifs is 1. The Bertz CT molecular complexity index is 454. The summed E-state index contributed by atoms with van der Waals surface area (Å²) in [6.07, 6.45) is 11.4.